The Morgan fingerprint density at radius 2 is 1.67 bits per heavy atom. The zero-order valence-electron chi connectivity index (χ0n) is 27.7. The van der Waals surface area contributed by atoms with Crippen LogP contribution in [0.25, 0.3) is 0 Å². The third-order valence-corrected chi connectivity index (χ3v) is 9.24. The summed E-state index contributed by atoms with van der Waals surface area (Å²) in [5.41, 5.74) is 2.02. The lowest BCUT2D eigenvalue weighted by Gasteiger charge is -2.30. The number of likely N-dealkylation sites (tertiary alicyclic amines) is 1. The molecule has 2 amide bonds. The molecule has 0 radical (unpaired) electrons. The van der Waals surface area contributed by atoms with Crippen molar-refractivity contribution in [3.05, 3.63) is 59.7 Å². The Bertz CT molecular complexity index is 1190. The van der Waals surface area contributed by atoms with Crippen LogP contribution < -0.4 is 20.1 Å². The number of nitrogens with zero attached hydrogens (tertiary/aromatic N) is 1. The third-order valence-electron chi connectivity index (χ3n) is 9.24. The van der Waals surface area contributed by atoms with Crippen LogP contribution in [0.15, 0.2) is 48.5 Å². The largest absolute Gasteiger partial charge is 0.497 e. The quantitative estimate of drug-likeness (QED) is 0.174. The fourth-order valence-electron chi connectivity index (χ4n) is 6.72. The van der Waals surface area contributed by atoms with E-state index in [0.717, 1.165) is 49.7 Å². The van der Waals surface area contributed by atoms with E-state index in [-0.39, 0.29) is 18.6 Å². The van der Waals surface area contributed by atoms with E-state index in [4.69, 9.17) is 18.9 Å². The Balaban J connectivity index is 1.36. The van der Waals surface area contributed by atoms with Gasteiger partial charge in [-0.15, -0.1) is 0 Å². The van der Waals surface area contributed by atoms with Crippen LogP contribution in [-0.2, 0) is 25.6 Å². The molecule has 1 aliphatic heterocycles. The van der Waals surface area contributed by atoms with Crippen LogP contribution in [0.1, 0.15) is 68.6 Å². The molecule has 2 aromatic rings. The van der Waals surface area contributed by atoms with E-state index in [9.17, 15) is 14.7 Å². The van der Waals surface area contributed by atoms with Crippen molar-refractivity contribution in [2.75, 3.05) is 54.2 Å². The minimum absolute atomic E-state index is 0.0738. The third kappa shape index (κ3) is 10.7. The van der Waals surface area contributed by atoms with Crippen molar-refractivity contribution in [2.45, 2.75) is 76.2 Å². The van der Waals surface area contributed by atoms with Crippen LogP contribution in [0.3, 0.4) is 0 Å². The molecule has 2 aromatic carbocycles. The van der Waals surface area contributed by atoms with Gasteiger partial charge < -0.3 is 39.6 Å². The molecule has 10 nitrogen and oxygen atoms in total. The molecule has 1 saturated heterocycles. The van der Waals surface area contributed by atoms with E-state index in [2.05, 4.69) is 10.6 Å². The molecule has 10 heteroatoms. The number of ether oxygens (including phenoxy) is 4. The van der Waals surface area contributed by atoms with Crippen molar-refractivity contribution < 1.29 is 33.6 Å². The number of rotatable bonds is 17. The predicted molar refractivity (Wildman–Crippen MR) is 177 cm³/mol. The number of benzene rings is 2. The zero-order chi connectivity index (χ0) is 32.7. The van der Waals surface area contributed by atoms with E-state index in [1.54, 1.807) is 26.2 Å². The number of carbonyl (C=O) groups is 2. The van der Waals surface area contributed by atoms with Gasteiger partial charge in [0.1, 0.15) is 11.5 Å². The van der Waals surface area contributed by atoms with Gasteiger partial charge in [-0.05, 0) is 48.4 Å². The minimum Gasteiger partial charge on any atom is -0.497 e. The number of carbonyl (C=O) groups excluding carboxylic acids is 2. The first kappa shape index (κ1) is 35.7. The SMILES string of the molecule is COCCCO[C@@H](c1ccccc1)[C@@H]1CCN(C(=O)C(=O)N[C@@H](CC2CCCCC2)[C@H](O)CNCc2cc(OC)cc(OC)c2)C1. The second-order valence-electron chi connectivity index (χ2n) is 12.6. The topological polar surface area (TPSA) is 119 Å². The lowest BCUT2D eigenvalue weighted by atomic mass is 9.83. The molecule has 46 heavy (non-hydrogen) atoms. The van der Waals surface area contributed by atoms with Crippen molar-refractivity contribution >= 4 is 11.8 Å². The van der Waals surface area contributed by atoms with Gasteiger partial charge in [-0.2, -0.15) is 0 Å². The first-order valence-electron chi connectivity index (χ1n) is 16.8. The Hall–Kier alpha value is -3.18. The van der Waals surface area contributed by atoms with E-state index < -0.39 is 24.0 Å². The van der Waals surface area contributed by atoms with Crippen molar-refractivity contribution in [1.29, 1.82) is 0 Å². The normalized spacial score (nSPS) is 19.0. The van der Waals surface area contributed by atoms with Crippen LogP contribution >= 0.6 is 0 Å². The monoisotopic (exact) mass is 639 g/mol. The highest BCUT2D eigenvalue weighted by Gasteiger charge is 2.37. The number of hydrogen-bond donors (Lipinski definition) is 3. The van der Waals surface area contributed by atoms with Crippen molar-refractivity contribution in [2.24, 2.45) is 11.8 Å². The van der Waals surface area contributed by atoms with Crippen molar-refractivity contribution in [1.82, 2.24) is 15.5 Å². The van der Waals surface area contributed by atoms with Gasteiger partial charge in [0.2, 0.25) is 0 Å². The molecule has 0 unspecified atom stereocenters. The summed E-state index contributed by atoms with van der Waals surface area (Å²) >= 11 is 0. The molecule has 0 spiro atoms. The number of aliphatic hydroxyl groups excluding tert-OH is 1. The van der Waals surface area contributed by atoms with Crippen LogP contribution in [0.2, 0.25) is 0 Å². The van der Waals surface area contributed by atoms with E-state index in [0.29, 0.717) is 56.7 Å². The predicted octanol–water partition coefficient (Wildman–Crippen LogP) is 4.25. The number of aliphatic hydroxyl groups is 1. The second-order valence-corrected chi connectivity index (χ2v) is 12.6. The van der Waals surface area contributed by atoms with Crippen molar-refractivity contribution in [3.63, 3.8) is 0 Å². The molecule has 2 fully saturated rings. The van der Waals surface area contributed by atoms with Gasteiger partial charge in [0.25, 0.3) is 0 Å². The maximum Gasteiger partial charge on any atom is 0.311 e. The summed E-state index contributed by atoms with van der Waals surface area (Å²) in [7, 11) is 4.89. The summed E-state index contributed by atoms with van der Waals surface area (Å²) in [4.78, 5) is 28.5. The van der Waals surface area contributed by atoms with Gasteiger partial charge in [0.15, 0.2) is 0 Å². The first-order chi connectivity index (χ1) is 22.4. The van der Waals surface area contributed by atoms with Gasteiger partial charge in [-0.25, -0.2) is 0 Å². The Morgan fingerprint density at radius 1 is 0.957 bits per heavy atom. The van der Waals surface area contributed by atoms with Crippen LogP contribution in [0, 0.1) is 11.8 Å². The fraction of sp³-hybridized carbons (Fsp3) is 0.611. The lowest BCUT2D eigenvalue weighted by molar-refractivity contribution is -0.146. The molecular formula is C36H53N3O7. The molecule has 1 aliphatic carbocycles. The van der Waals surface area contributed by atoms with Crippen LogP contribution in [0.4, 0.5) is 0 Å². The molecule has 2 aliphatic rings. The molecule has 0 bridgehead atoms. The van der Waals surface area contributed by atoms with E-state index >= 15 is 0 Å². The average molecular weight is 640 g/mol. The van der Waals surface area contributed by atoms with Crippen LogP contribution in [0.5, 0.6) is 11.5 Å². The summed E-state index contributed by atoms with van der Waals surface area (Å²) in [5, 5.41) is 17.6. The smallest absolute Gasteiger partial charge is 0.311 e. The van der Waals surface area contributed by atoms with E-state index in [1.165, 1.54) is 6.42 Å². The highest BCUT2D eigenvalue weighted by atomic mass is 16.5. The lowest BCUT2D eigenvalue weighted by Crippen LogP contribution is -2.52. The van der Waals surface area contributed by atoms with Gasteiger partial charge in [0.05, 0.1) is 32.5 Å². The molecular weight excluding hydrogens is 586 g/mol. The van der Waals surface area contributed by atoms with Crippen LogP contribution in [-0.4, -0.2) is 88.1 Å². The highest BCUT2D eigenvalue weighted by molar-refractivity contribution is 6.35. The summed E-state index contributed by atoms with van der Waals surface area (Å²) in [5.74, 6) is 0.652. The van der Waals surface area contributed by atoms with Gasteiger partial charge in [-0.3, -0.25) is 9.59 Å². The number of methoxy groups -OCH3 is 3. The molecule has 1 heterocycles. The summed E-state index contributed by atoms with van der Waals surface area (Å²) in [6.45, 7) is 2.85. The molecule has 0 aromatic heterocycles. The highest BCUT2D eigenvalue weighted by Crippen LogP contribution is 2.34. The second kappa shape index (κ2) is 18.8. The molecule has 1 saturated carbocycles. The van der Waals surface area contributed by atoms with E-state index in [1.807, 2.05) is 48.5 Å². The minimum atomic E-state index is -0.861. The summed E-state index contributed by atoms with van der Waals surface area (Å²) in [6, 6.07) is 15.2. The standard InChI is InChI=1S/C36H53N3O7/c1-43-17-10-18-46-34(28-13-8-5-9-14-28)29-15-16-39(25-29)36(42)35(41)38-32(21-26-11-6-4-7-12-26)33(40)24-37-23-27-19-30(44-2)22-31(20-27)45-3/h5,8-9,13-14,19-20,22,26,29,32-34,37,40H,4,6-7,10-12,15-18,21,23-25H2,1-3H3,(H,38,41)/t29-,32+,33-,34+/m1/s1. The summed E-state index contributed by atoms with van der Waals surface area (Å²) in [6.07, 6.45) is 6.81. The Labute approximate surface area is 274 Å². The van der Waals surface area contributed by atoms with Crippen molar-refractivity contribution in [3.8, 4) is 11.5 Å². The molecule has 4 rings (SSSR count). The number of nitrogens with one attached hydrogen (secondary N) is 2. The first-order valence-corrected chi connectivity index (χ1v) is 16.8. The van der Waals surface area contributed by atoms with Gasteiger partial charge in [0, 0.05) is 58.5 Å². The number of hydrogen-bond acceptors (Lipinski definition) is 8. The maximum absolute atomic E-state index is 13.5. The van der Waals surface area contributed by atoms with Gasteiger partial charge >= 0.3 is 11.8 Å². The zero-order valence-corrected chi connectivity index (χ0v) is 27.7. The maximum atomic E-state index is 13.5. The average Bonchev–Trinajstić information content (AvgIpc) is 3.58. The Kier molecular flexibility index (Phi) is 14.6. The number of amides is 2. The van der Waals surface area contributed by atoms with Gasteiger partial charge in [-0.1, -0.05) is 62.4 Å². The molecule has 254 valence electrons. The summed E-state index contributed by atoms with van der Waals surface area (Å²) < 4.78 is 22.2. The fourth-order valence-corrected chi connectivity index (χ4v) is 6.72. The molecule has 4 atom stereocenters. The Morgan fingerprint density at radius 3 is 2.35 bits per heavy atom. The molecule has 3 N–H and O–H groups in total.